The summed E-state index contributed by atoms with van der Waals surface area (Å²) in [4.78, 5) is 37.4. The fourth-order valence-corrected chi connectivity index (χ4v) is 6.78. The predicted octanol–water partition coefficient (Wildman–Crippen LogP) is 5.93. The van der Waals surface area contributed by atoms with Crippen molar-refractivity contribution in [2.75, 3.05) is 57.0 Å². The SMILES string of the molecule is CN1CCN(CC(=O)N(C)c2c(Br)cc(N=C(c3ccccc3)C3C(=O)Nc4cc(Cl)ccc43)cc2Br)CC1. The lowest BCUT2D eigenvalue weighted by Gasteiger charge is -2.33. The van der Waals surface area contributed by atoms with Crippen molar-refractivity contribution in [2.24, 2.45) is 4.99 Å². The maximum atomic E-state index is 13.2. The van der Waals surface area contributed by atoms with Gasteiger partial charge in [-0.1, -0.05) is 48.0 Å². The molecule has 1 N–H and O–H groups in total. The molecule has 1 unspecified atom stereocenters. The van der Waals surface area contributed by atoms with Gasteiger partial charge in [-0.15, -0.1) is 0 Å². The third-order valence-electron chi connectivity index (χ3n) is 7.10. The molecule has 1 fully saturated rings. The Morgan fingerprint density at radius 3 is 2.38 bits per heavy atom. The zero-order valence-electron chi connectivity index (χ0n) is 21.6. The van der Waals surface area contributed by atoms with Crippen LogP contribution in [0.25, 0.3) is 0 Å². The number of aliphatic imine (C=N–C) groups is 1. The Balaban J connectivity index is 1.47. The minimum atomic E-state index is -0.593. The van der Waals surface area contributed by atoms with Crippen LogP contribution in [0.15, 0.2) is 74.6 Å². The van der Waals surface area contributed by atoms with E-state index in [1.54, 1.807) is 24.1 Å². The maximum Gasteiger partial charge on any atom is 0.240 e. The molecule has 7 nitrogen and oxygen atoms in total. The van der Waals surface area contributed by atoms with E-state index in [0.717, 1.165) is 51.9 Å². The van der Waals surface area contributed by atoms with E-state index >= 15 is 0 Å². The third kappa shape index (κ3) is 6.12. The first kappa shape index (κ1) is 28.0. The van der Waals surface area contributed by atoms with Gasteiger partial charge in [0.15, 0.2) is 0 Å². The summed E-state index contributed by atoms with van der Waals surface area (Å²) < 4.78 is 1.45. The van der Waals surface area contributed by atoms with Crippen molar-refractivity contribution in [3.8, 4) is 0 Å². The van der Waals surface area contributed by atoms with Crippen molar-refractivity contribution in [2.45, 2.75) is 5.92 Å². The highest BCUT2D eigenvalue weighted by atomic mass is 79.9. The molecule has 202 valence electrons. The molecule has 0 spiro atoms. The van der Waals surface area contributed by atoms with Crippen molar-refractivity contribution < 1.29 is 9.59 Å². The van der Waals surface area contributed by atoms with Gasteiger partial charge in [-0.2, -0.15) is 0 Å². The Labute approximate surface area is 250 Å². The molecule has 0 aliphatic carbocycles. The average molecular weight is 674 g/mol. The second kappa shape index (κ2) is 11.9. The zero-order chi connectivity index (χ0) is 27.7. The molecule has 0 aromatic heterocycles. The number of likely N-dealkylation sites (N-methyl/N-ethyl adjacent to an activating group) is 2. The molecule has 39 heavy (non-hydrogen) atoms. The topological polar surface area (TPSA) is 68.2 Å². The van der Waals surface area contributed by atoms with Crippen molar-refractivity contribution in [1.29, 1.82) is 0 Å². The number of nitrogens with zero attached hydrogens (tertiary/aromatic N) is 4. The molecule has 2 aliphatic rings. The Bertz CT molecular complexity index is 1420. The van der Waals surface area contributed by atoms with Gasteiger partial charge in [-0.3, -0.25) is 19.5 Å². The zero-order valence-corrected chi connectivity index (χ0v) is 25.6. The summed E-state index contributed by atoms with van der Waals surface area (Å²) in [5, 5.41) is 3.50. The number of halogens is 3. The summed E-state index contributed by atoms with van der Waals surface area (Å²) >= 11 is 13.5. The summed E-state index contributed by atoms with van der Waals surface area (Å²) in [5.41, 5.74) is 4.37. The van der Waals surface area contributed by atoms with Crippen LogP contribution in [0.5, 0.6) is 0 Å². The molecule has 1 atom stereocenters. The first-order valence-corrected chi connectivity index (χ1v) is 14.6. The van der Waals surface area contributed by atoms with Crippen LogP contribution in [0, 0.1) is 0 Å². The first-order valence-electron chi connectivity index (χ1n) is 12.6. The first-order chi connectivity index (χ1) is 18.7. The molecule has 3 aromatic carbocycles. The number of carbonyl (C=O) groups excluding carboxylic acids is 2. The number of rotatable bonds is 6. The second-order valence-corrected chi connectivity index (χ2v) is 12.0. The van der Waals surface area contributed by atoms with Crippen LogP contribution in [0.4, 0.5) is 17.1 Å². The standard InChI is InChI=1S/C29H28Br2ClN5O2/c1-35-10-12-37(13-11-35)17-25(38)36(2)28-22(30)15-20(16-23(28)31)33-27(18-6-4-3-5-7-18)26-21-9-8-19(32)14-24(21)34-29(26)39/h3-9,14-16,26H,10-13,17H2,1-2H3,(H,34,39). The van der Waals surface area contributed by atoms with E-state index < -0.39 is 5.92 Å². The normalized spacial score (nSPS) is 18.1. The number of amides is 2. The van der Waals surface area contributed by atoms with E-state index in [0.29, 0.717) is 28.7 Å². The van der Waals surface area contributed by atoms with Gasteiger partial charge in [0.25, 0.3) is 0 Å². The Hall–Kier alpha value is -2.56. The van der Waals surface area contributed by atoms with Gasteiger partial charge in [-0.25, -0.2) is 0 Å². The number of fused-ring (bicyclic) bond motifs is 1. The number of nitrogens with one attached hydrogen (secondary N) is 1. The van der Waals surface area contributed by atoms with E-state index in [9.17, 15) is 9.59 Å². The van der Waals surface area contributed by atoms with Crippen LogP contribution >= 0.6 is 43.5 Å². The monoisotopic (exact) mass is 671 g/mol. The quantitative estimate of drug-likeness (QED) is 0.330. The Kier molecular flexibility index (Phi) is 8.54. The van der Waals surface area contributed by atoms with Gasteiger partial charge in [-0.05, 0) is 74.3 Å². The molecule has 1 saturated heterocycles. The smallest absolute Gasteiger partial charge is 0.240 e. The minimum Gasteiger partial charge on any atom is -0.325 e. The summed E-state index contributed by atoms with van der Waals surface area (Å²) in [7, 11) is 3.88. The van der Waals surface area contributed by atoms with Gasteiger partial charge < -0.3 is 15.1 Å². The van der Waals surface area contributed by atoms with Gasteiger partial charge in [0.05, 0.1) is 23.6 Å². The average Bonchev–Trinajstić information content (AvgIpc) is 3.23. The summed E-state index contributed by atoms with van der Waals surface area (Å²) in [6.45, 7) is 4.02. The number of carbonyl (C=O) groups is 2. The molecule has 2 amide bonds. The van der Waals surface area contributed by atoms with Crippen LogP contribution in [0.1, 0.15) is 17.0 Å². The van der Waals surface area contributed by atoms with Gasteiger partial charge in [0, 0.05) is 52.9 Å². The number of hydrogen-bond acceptors (Lipinski definition) is 5. The molecule has 0 radical (unpaired) electrons. The largest absolute Gasteiger partial charge is 0.325 e. The van der Waals surface area contributed by atoms with Crippen LogP contribution in [-0.4, -0.2) is 74.1 Å². The van der Waals surface area contributed by atoms with Crippen molar-refractivity contribution in [1.82, 2.24) is 9.80 Å². The molecule has 0 bridgehead atoms. The van der Waals surface area contributed by atoms with Crippen molar-refractivity contribution in [3.05, 3.63) is 85.8 Å². The molecule has 2 aliphatic heterocycles. The summed E-state index contributed by atoms with van der Waals surface area (Å²) in [6, 6.07) is 18.8. The second-order valence-electron chi connectivity index (χ2n) is 9.81. The molecule has 3 aromatic rings. The summed E-state index contributed by atoms with van der Waals surface area (Å²) in [5.74, 6) is -0.733. The van der Waals surface area contributed by atoms with Gasteiger partial charge in [0.1, 0.15) is 5.92 Å². The van der Waals surface area contributed by atoms with Crippen LogP contribution in [0.2, 0.25) is 5.02 Å². The lowest BCUT2D eigenvalue weighted by atomic mass is 9.90. The highest BCUT2D eigenvalue weighted by Gasteiger charge is 2.35. The van der Waals surface area contributed by atoms with E-state index in [1.165, 1.54) is 0 Å². The third-order valence-corrected chi connectivity index (χ3v) is 8.55. The molecule has 10 heteroatoms. The van der Waals surface area contributed by atoms with E-state index in [1.807, 2.05) is 48.5 Å². The summed E-state index contributed by atoms with van der Waals surface area (Å²) in [6.07, 6.45) is 0. The molecular formula is C29H28Br2ClN5O2. The predicted molar refractivity (Wildman–Crippen MR) is 165 cm³/mol. The highest BCUT2D eigenvalue weighted by Crippen LogP contribution is 2.41. The molecule has 5 rings (SSSR count). The van der Waals surface area contributed by atoms with Gasteiger partial charge in [0.2, 0.25) is 11.8 Å². The molecular weight excluding hydrogens is 646 g/mol. The molecule has 0 saturated carbocycles. The van der Waals surface area contributed by atoms with Crippen LogP contribution in [0.3, 0.4) is 0 Å². The van der Waals surface area contributed by atoms with E-state index in [-0.39, 0.29) is 11.8 Å². The number of anilines is 2. The number of piperazine rings is 1. The lowest BCUT2D eigenvalue weighted by molar-refractivity contribution is -0.120. The van der Waals surface area contributed by atoms with Crippen LogP contribution in [-0.2, 0) is 9.59 Å². The fraction of sp³-hybridized carbons (Fsp3) is 0.276. The van der Waals surface area contributed by atoms with Crippen molar-refractivity contribution in [3.63, 3.8) is 0 Å². The van der Waals surface area contributed by atoms with Crippen LogP contribution < -0.4 is 10.2 Å². The Morgan fingerprint density at radius 2 is 1.72 bits per heavy atom. The van der Waals surface area contributed by atoms with E-state index in [4.69, 9.17) is 16.6 Å². The number of hydrogen-bond donors (Lipinski definition) is 1. The molecule has 2 heterocycles. The fourth-order valence-electron chi connectivity index (χ4n) is 4.91. The van der Waals surface area contributed by atoms with E-state index in [2.05, 4.69) is 54.0 Å². The number of benzene rings is 3. The maximum absolute atomic E-state index is 13.2. The minimum absolute atomic E-state index is 0.0140. The van der Waals surface area contributed by atoms with Gasteiger partial charge >= 0.3 is 0 Å². The van der Waals surface area contributed by atoms with Crippen molar-refractivity contribution >= 4 is 78.0 Å². The Morgan fingerprint density at radius 1 is 1.05 bits per heavy atom. The lowest BCUT2D eigenvalue weighted by Crippen LogP contribution is -2.48. The highest BCUT2D eigenvalue weighted by molar-refractivity contribution is 9.11.